The highest BCUT2D eigenvalue weighted by Crippen LogP contribution is 2.22. The Hall–Kier alpha value is -2.75. The van der Waals surface area contributed by atoms with E-state index < -0.39 is 52.0 Å². The van der Waals surface area contributed by atoms with Crippen molar-refractivity contribution < 1.29 is 31.9 Å². The van der Waals surface area contributed by atoms with Crippen LogP contribution in [0.5, 0.6) is 0 Å². The highest BCUT2D eigenvalue weighted by molar-refractivity contribution is 6.29. The van der Waals surface area contributed by atoms with E-state index in [9.17, 15) is 31.9 Å². The van der Waals surface area contributed by atoms with Crippen molar-refractivity contribution in [2.45, 2.75) is 0 Å². The van der Waals surface area contributed by atoms with Gasteiger partial charge in [-0.1, -0.05) is 11.6 Å². The summed E-state index contributed by atoms with van der Waals surface area (Å²) in [6.07, 6.45) is 0.276. The van der Waals surface area contributed by atoms with Crippen LogP contribution in [0.1, 0.15) is 15.9 Å². The molecule has 0 saturated carbocycles. The molecule has 2 aromatic rings. The molecule has 1 heterocycles. The lowest BCUT2D eigenvalue weighted by Gasteiger charge is -2.09. The summed E-state index contributed by atoms with van der Waals surface area (Å²) in [6, 6.07) is 2.15. The molecule has 24 heavy (non-hydrogen) atoms. The van der Waals surface area contributed by atoms with Gasteiger partial charge >= 0.3 is 0 Å². The number of aromatic nitrogens is 1. The van der Waals surface area contributed by atoms with Crippen LogP contribution in [0.4, 0.5) is 27.8 Å². The van der Waals surface area contributed by atoms with Crippen molar-refractivity contribution in [3.05, 3.63) is 57.5 Å². The number of carbonyl (C=O) groups is 1. The number of carbonyl (C=O) groups excluding carboxylic acids is 1. The fraction of sp³-hybridized carbons (Fsp3) is 0. The summed E-state index contributed by atoms with van der Waals surface area (Å²) in [5.41, 5.74) is 0.158. The average molecular weight is 365 g/mol. The number of nitrogens with one attached hydrogen (secondary N) is 1. The Morgan fingerprint density at radius 2 is 1.62 bits per heavy atom. The summed E-state index contributed by atoms with van der Waals surface area (Å²) in [5, 5.41) is 13.9. The van der Waals surface area contributed by atoms with Gasteiger partial charge in [-0.3, -0.25) is 5.43 Å². The molecule has 2 rings (SSSR count). The maximum absolute atomic E-state index is 13.4. The van der Waals surface area contributed by atoms with E-state index in [-0.39, 0.29) is 11.4 Å². The summed E-state index contributed by atoms with van der Waals surface area (Å²) >= 11 is 5.55. The second-order valence-corrected chi connectivity index (χ2v) is 4.56. The number of nitrogens with zero attached hydrogens (tertiary/aromatic N) is 2. The fourth-order valence-electron chi connectivity index (χ4n) is 1.58. The zero-order chi connectivity index (χ0) is 18.0. The van der Waals surface area contributed by atoms with Crippen molar-refractivity contribution in [1.82, 2.24) is 4.98 Å². The van der Waals surface area contributed by atoms with E-state index in [2.05, 4.69) is 10.1 Å². The minimum Gasteiger partial charge on any atom is -0.545 e. The van der Waals surface area contributed by atoms with Crippen molar-refractivity contribution in [2.24, 2.45) is 5.10 Å². The standard InChI is InChI=1S/C13H5ClF5N3O2/c14-6-2-1-4(13(23)24)12(21-6)22-20-3-5-7(15)9(17)11(19)10(18)8(5)16/h1-3H,(H,21,22)(H,23,24)/p-1/b20-3-. The van der Waals surface area contributed by atoms with Crippen molar-refractivity contribution in [2.75, 3.05) is 5.43 Å². The second-order valence-electron chi connectivity index (χ2n) is 4.17. The predicted octanol–water partition coefficient (Wildman–Crippen LogP) is 2.24. The van der Waals surface area contributed by atoms with Crippen LogP contribution in [0.25, 0.3) is 0 Å². The minimum absolute atomic E-state index is 0.145. The molecular formula is C13H4ClF5N3O2-. The van der Waals surface area contributed by atoms with E-state index in [1.807, 2.05) is 5.43 Å². The first kappa shape index (κ1) is 17.6. The number of anilines is 1. The summed E-state index contributed by atoms with van der Waals surface area (Å²) in [5.74, 6) is -12.9. The molecule has 0 aliphatic rings. The van der Waals surface area contributed by atoms with Crippen molar-refractivity contribution >= 4 is 29.6 Å². The highest BCUT2D eigenvalue weighted by Gasteiger charge is 2.24. The van der Waals surface area contributed by atoms with Crippen LogP contribution < -0.4 is 10.5 Å². The molecule has 0 unspecified atom stereocenters. The normalized spacial score (nSPS) is 11.1. The van der Waals surface area contributed by atoms with Gasteiger partial charge < -0.3 is 9.90 Å². The number of hydrogen-bond donors (Lipinski definition) is 1. The van der Waals surface area contributed by atoms with Gasteiger partial charge in [0.15, 0.2) is 29.1 Å². The molecule has 11 heteroatoms. The van der Waals surface area contributed by atoms with E-state index in [1.54, 1.807) is 0 Å². The zero-order valence-electron chi connectivity index (χ0n) is 11.2. The van der Waals surface area contributed by atoms with Gasteiger partial charge in [0.2, 0.25) is 5.82 Å². The van der Waals surface area contributed by atoms with Gasteiger partial charge in [0.05, 0.1) is 17.7 Å². The Bertz CT molecular complexity index is 831. The first-order valence-electron chi connectivity index (χ1n) is 5.92. The van der Waals surface area contributed by atoms with Crippen LogP contribution in [0, 0.1) is 29.1 Å². The average Bonchev–Trinajstić information content (AvgIpc) is 2.54. The molecule has 0 radical (unpaired) electrons. The minimum atomic E-state index is -2.31. The second kappa shape index (κ2) is 6.79. The van der Waals surface area contributed by atoms with Crippen LogP contribution >= 0.6 is 11.6 Å². The van der Waals surface area contributed by atoms with E-state index in [1.165, 1.54) is 0 Å². The number of pyridine rings is 1. The highest BCUT2D eigenvalue weighted by atomic mass is 35.5. The lowest BCUT2D eigenvalue weighted by Crippen LogP contribution is -2.23. The molecule has 1 aromatic carbocycles. The van der Waals surface area contributed by atoms with Gasteiger partial charge in [0.1, 0.15) is 5.15 Å². The SMILES string of the molecule is O=C([O-])c1ccc(Cl)nc1N/N=C\c1c(F)c(F)c(F)c(F)c1F. The van der Waals surface area contributed by atoms with Crippen molar-refractivity contribution in [3.8, 4) is 0 Å². The van der Waals surface area contributed by atoms with Crippen LogP contribution in [0.3, 0.4) is 0 Å². The molecule has 1 aromatic heterocycles. The molecule has 0 bridgehead atoms. The fourth-order valence-corrected chi connectivity index (χ4v) is 1.73. The maximum Gasteiger partial charge on any atom is 0.200 e. The first-order valence-corrected chi connectivity index (χ1v) is 6.30. The molecule has 5 nitrogen and oxygen atoms in total. The molecule has 0 spiro atoms. The van der Waals surface area contributed by atoms with Gasteiger partial charge in [-0.25, -0.2) is 26.9 Å². The van der Waals surface area contributed by atoms with Crippen molar-refractivity contribution in [1.29, 1.82) is 0 Å². The first-order chi connectivity index (χ1) is 11.2. The topological polar surface area (TPSA) is 77.4 Å². The van der Waals surface area contributed by atoms with Gasteiger partial charge in [-0.2, -0.15) is 5.10 Å². The summed E-state index contributed by atoms with van der Waals surface area (Å²) < 4.78 is 65.8. The Kier molecular flexibility index (Phi) is 4.98. The monoisotopic (exact) mass is 364 g/mol. The number of hydrogen-bond acceptors (Lipinski definition) is 5. The van der Waals surface area contributed by atoms with Crippen LogP contribution in [0.15, 0.2) is 17.2 Å². The lowest BCUT2D eigenvalue weighted by molar-refractivity contribution is -0.254. The largest absolute Gasteiger partial charge is 0.545 e. The van der Waals surface area contributed by atoms with Gasteiger partial charge in [0.25, 0.3) is 0 Å². The van der Waals surface area contributed by atoms with Crippen LogP contribution in [-0.4, -0.2) is 17.2 Å². The number of carboxylic acid groups (broad SMARTS) is 1. The Morgan fingerprint density at radius 1 is 1.08 bits per heavy atom. The van der Waals surface area contributed by atoms with Gasteiger partial charge in [-0.05, 0) is 12.1 Å². The van der Waals surface area contributed by atoms with Gasteiger partial charge in [0, 0.05) is 5.56 Å². The summed E-state index contributed by atoms with van der Waals surface area (Å²) in [7, 11) is 0. The molecular weight excluding hydrogens is 361 g/mol. The smallest absolute Gasteiger partial charge is 0.200 e. The molecule has 0 aliphatic heterocycles. The predicted molar refractivity (Wildman–Crippen MR) is 71.0 cm³/mol. The molecule has 126 valence electrons. The Morgan fingerprint density at radius 3 is 2.17 bits per heavy atom. The van der Waals surface area contributed by atoms with E-state index in [0.29, 0.717) is 0 Å². The Balaban J connectivity index is 2.38. The quantitative estimate of drug-likeness (QED) is 0.225. The molecule has 0 saturated heterocycles. The number of halogens is 6. The summed E-state index contributed by atoms with van der Waals surface area (Å²) in [4.78, 5) is 14.4. The number of hydrazone groups is 1. The number of benzene rings is 1. The Labute approximate surface area is 135 Å². The van der Waals surface area contributed by atoms with Crippen LogP contribution in [0.2, 0.25) is 5.15 Å². The third-order valence-electron chi connectivity index (χ3n) is 2.69. The van der Waals surface area contributed by atoms with Crippen molar-refractivity contribution in [3.63, 3.8) is 0 Å². The number of aromatic carboxylic acids is 1. The van der Waals surface area contributed by atoms with Gasteiger partial charge in [-0.15, -0.1) is 0 Å². The number of rotatable bonds is 4. The van der Waals surface area contributed by atoms with E-state index in [0.717, 1.165) is 12.1 Å². The molecule has 0 atom stereocenters. The third kappa shape index (κ3) is 3.27. The third-order valence-corrected chi connectivity index (χ3v) is 2.90. The molecule has 1 N–H and O–H groups in total. The summed E-state index contributed by atoms with van der Waals surface area (Å²) in [6.45, 7) is 0. The van der Waals surface area contributed by atoms with E-state index in [4.69, 9.17) is 11.6 Å². The number of carboxylic acids is 1. The lowest BCUT2D eigenvalue weighted by atomic mass is 10.2. The molecule has 0 aliphatic carbocycles. The maximum atomic E-state index is 13.4. The van der Waals surface area contributed by atoms with E-state index >= 15 is 0 Å². The van der Waals surface area contributed by atoms with Crippen LogP contribution in [-0.2, 0) is 0 Å². The molecule has 0 amide bonds. The zero-order valence-corrected chi connectivity index (χ0v) is 12.0. The molecule has 0 fully saturated rings.